The molecule has 1 aliphatic heterocycles. The lowest BCUT2D eigenvalue weighted by Gasteiger charge is -2.12. The Kier molecular flexibility index (Phi) is 3.48. The van der Waals surface area contributed by atoms with E-state index in [1.54, 1.807) is 0 Å². The van der Waals surface area contributed by atoms with Crippen LogP contribution in [0.1, 0.15) is 0 Å². The van der Waals surface area contributed by atoms with Crippen LogP contribution in [-0.4, -0.2) is 27.5 Å². The first-order valence-corrected chi connectivity index (χ1v) is 8.39. The van der Waals surface area contributed by atoms with Gasteiger partial charge in [0.05, 0.1) is 10.0 Å². The molecule has 104 valence electrons. The van der Waals surface area contributed by atoms with Crippen molar-refractivity contribution in [3.8, 4) is 0 Å². The van der Waals surface area contributed by atoms with E-state index in [0.29, 0.717) is 16.9 Å². The summed E-state index contributed by atoms with van der Waals surface area (Å²) < 4.78 is 27.3. The first-order valence-electron chi connectivity index (χ1n) is 5.78. The zero-order chi connectivity index (χ0) is 13.8. The molecular weight excluding hydrogens is 331 g/mol. The fourth-order valence-electron chi connectivity index (χ4n) is 2.62. The molecule has 1 aliphatic carbocycles. The molecule has 1 aromatic rings. The molecule has 2 unspecified atom stereocenters. The molecule has 1 saturated carbocycles. The van der Waals surface area contributed by atoms with Crippen LogP contribution in [0.15, 0.2) is 17.0 Å². The maximum Gasteiger partial charge on any atom is 0.243 e. The zero-order valence-electron chi connectivity index (χ0n) is 9.66. The second kappa shape index (κ2) is 4.76. The third-order valence-corrected chi connectivity index (χ3v) is 6.21. The van der Waals surface area contributed by atoms with Crippen LogP contribution in [0, 0.1) is 11.8 Å². The number of fused-ring (bicyclic) bond motifs is 1. The van der Waals surface area contributed by atoms with Gasteiger partial charge in [-0.2, -0.15) is 0 Å². The summed E-state index contributed by atoms with van der Waals surface area (Å²) in [5.41, 5.74) is 0. The first-order chi connectivity index (χ1) is 8.90. The minimum absolute atomic E-state index is 0.0194. The molecule has 19 heavy (non-hydrogen) atoms. The van der Waals surface area contributed by atoms with Gasteiger partial charge in [0, 0.05) is 11.1 Å². The Labute approximate surface area is 126 Å². The fourth-order valence-corrected chi connectivity index (χ4v) is 5.50. The molecule has 2 aliphatic rings. The largest absolute Gasteiger partial charge is 0.316 e. The molecule has 1 saturated heterocycles. The number of hydrogen-bond donors (Lipinski definition) is 2. The van der Waals surface area contributed by atoms with Gasteiger partial charge >= 0.3 is 0 Å². The smallest absolute Gasteiger partial charge is 0.243 e. The number of benzene rings is 1. The van der Waals surface area contributed by atoms with Crippen molar-refractivity contribution in [3.63, 3.8) is 0 Å². The number of halogens is 3. The SMILES string of the molecule is O=S(=O)(NC1C2CNCC21)c1c(Cl)cc(Cl)cc1Cl. The number of nitrogens with one attached hydrogen (secondary N) is 2. The highest BCUT2D eigenvalue weighted by molar-refractivity contribution is 7.89. The van der Waals surface area contributed by atoms with E-state index in [0.717, 1.165) is 13.1 Å². The lowest BCUT2D eigenvalue weighted by molar-refractivity contribution is 0.565. The molecule has 0 radical (unpaired) electrons. The third-order valence-electron chi connectivity index (χ3n) is 3.61. The zero-order valence-corrected chi connectivity index (χ0v) is 12.7. The topological polar surface area (TPSA) is 58.2 Å². The standard InChI is InChI=1S/C11H11Cl3N2O2S/c12-5-1-8(13)11(9(14)2-5)19(17,18)16-10-6-3-15-4-7(6)10/h1-2,6-7,10,15-16H,3-4H2. The van der Waals surface area contributed by atoms with E-state index in [1.807, 2.05) is 0 Å². The van der Waals surface area contributed by atoms with Crippen LogP contribution >= 0.6 is 34.8 Å². The number of rotatable bonds is 3. The Hall–Kier alpha value is -0.0400. The predicted octanol–water partition coefficient (Wildman–Crippen LogP) is 2.14. The minimum atomic E-state index is -3.72. The van der Waals surface area contributed by atoms with Crippen molar-refractivity contribution in [2.75, 3.05) is 13.1 Å². The summed E-state index contributed by atoms with van der Waals surface area (Å²) in [5.74, 6) is 0.749. The number of sulfonamides is 1. The van der Waals surface area contributed by atoms with Crippen molar-refractivity contribution >= 4 is 44.8 Å². The van der Waals surface area contributed by atoms with Gasteiger partial charge in [0.25, 0.3) is 0 Å². The normalized spacial score (nSPS) is 29.3. The lowest BCUT2D eigenvalue weighted by Crippen LogP contribution is -2.32. The van der Waals surface area contributed by atoms with Gasteiger partial charge in [0.1, 0.15) is 4.90 Å². The molecule has 8 heteroatoms. The van der Waals surface area contributed by atoms with Crippen molar-refractivity contribution in [3.05, 3.63) is 27.2 Å². The molecule has 0 aromatic heterocycles. The highest BCUT2D eigenvalue weighted by Gasteiger charge is 2.54. The molecule has 1 heterocycles. The van der Waals surface area contributed by atoms with Crippen molar-refractivity contribution in [1.82, 2.24) is 10.0 Å². The summed E-state index contributed by atoms with van der Waals surface area (Å²) in [5, 5.41) is 3.58. The first kappa shape index (κ1) is 13.9. The molecule has 0 bridgehead atoms. The highest BCUT2D eigenvalue weighted by atomic mass is 35.5. The Balaban J connectivity index is 1.88. The van der Waals surface area contributed by atoms with Gasteiger partial charge in [0.15, 0.2) is 0 Å². The molecule has 2 N–H and O–H groups in total. The van der Waals surface area contributed by atoms with E-state index in [9.17, 15) is 8.42 Å². The molecule has 1 aromatic carbocycles. The molecular formula is C11H11Cl3N2O2S. The molecule has 2 atom stereocenters. The van der Waals surface area contributed by atoms with Gasteiger partial charge in [-0.3, -0.25) is 0 Å². The Morgan fingerprint density at radius 1 is 1.11 bits per heavy atom. The van der Waals surface area contributed by atoms with Gasteiger partial charge < -0.3 is 5.32 Å². The summed E-state index contributed by atoms with van der Waals surface area (Å²) in [7, 11) is -3.72. The van der Waals surface area contributed by atoms with E-state index in [-0.39, 0.29) is 21.0 Å². The van der Waals surface area contributed by atoms with Crippen LogP contribution < -0.4 is 10.0 Å². The third kappa shape index (κ3) is 2.48. The van der Waals surface area contributed by atoms with E-state index in [1.165, 1.54) is 12.1 Å². The van der Waals surface area contributed by atoms with Crippen LogP contribution in [0.2, 0.25) is 15.1 Å². The van der Waals surface area contributed by atoms with E-state index < -0.39 is 10.0 Å². The quantitative estimate of drug-likeness (QED) is 0.885. The number of hydrogen-bond acceptors (Lipinski definition) is 3. The van der Waals surface area contributed by atoms with Crippen LogP contribution in [0.25, 0.3) is 0 Å². The summed E-state index contributed by atoms with van der Waals surface area (Å²) in [4.78, 5) is -0.0989. The van der Waals surface area contributed by atoms with Gasteiger partial charge in [0.2, 0.25) is 10.0 Å². The Bertz CT molecular complexity index is 602. The van der Waals surface area contributed by atoms with Crippen LogP contribution in [0.5, 0.6) is 0 Å². The average Bonchev–Trinajstić information content (AvgIpc) is 2.71. The van der Waals surface area contributed by atoms with Crippen LogP contribution in [0.4, 0.5) is 0 Å². The van der Waals surface area contributed by atoms with Crippen molar-refractivity contribution in [2.45, 2.75) is 10.9 Å². The van der Waals surface area contributed by atoms with E-state index in [2.05, 4.69) is 10.0 Å². The monoisotopic (exact) mass is 340 g/mol. The van der Waals surface area contributed by atoms with Gasteiger partial charge in [-0.05, 0) is 37.1 Å². The van der Waals surface area contributed by atoms with Crippen LogP contribution in [0.3, 0.4) is 0 Å². The Morgan fingerprint density at radius 2 is 1.63 bits per heavy atom. The minimum Gasteiger partial charge on any atom is -0.316 e. The lowest BCUT2D eigenvalue weighted by atomic mass is 10.4. The highest BCUT2D eigenvalue weighted by Crippen LogP contribution is 2.43. The molecule has 3 rings (SSSR count). The molecule has 2 fully saturated rings. The maximum atomic E-state index is 12.3. The maximum absolute atomic E-state index is 12.3. The van der Waals surface area contributed by atoms with Crippen molar-refractivity contribution in [2.24, 2.45) is 11.8 Å². The Morgan fingerprint density at radius 3 is 2.16 bits per heavy atom. The van der Waals surface area contributed by atoms with Crippen LogP contribution in [-0.2, 0) is 10.0 Å². The van der Waals surface area contributed by atoms with E-state index in [4.69, 9.17) is 34.8 Å². The second-order valence-electron chi connectivity index (χ2n) is 4.83. The molecule has 4 nitrogen and oxygen atoms in total. The summed E-state index contributed by atoms with van der Waals surface area (Å²) in [6, 6.07) is 2.73. The summed E-state index contributed by atoms with van der Waals surface area (Å²) in [6.07, 6.45) is 0. The van der Waals surface area contributed by atoms with Gasteiger partial charge in [-0.15, -0.1) is 0 Å². The van der Waals surface area contributed by atoms with Crippen molar-refractivity contribution < 1.29 is 8.42 Å². The second-order valence-corrected chi connectivity index (χ2v) is 7.73. The summed E-state index contributed by atoms with van der Waals surface area (Å²) >= 11 is 17.7. The molecule has 0 spiro atoms. The summed E-state index contributed by atoms with van der Waals surface area (Å²) in [6.45, 7) is 1.69. The molecule has 0 amide bonds. The van der Waals surface area contributed by atoms with Gasteiger partial charge in [-0.1, -0.05) is 34.8 Å². The predicted molar refractivity (Wildman–Crippen MR) is 75.4 cm³/mol. The van der Waals surface area contributed by atoms with Gasteiger partial charge in [-0.25, -0.2) is 13.1 Å². The fraction of sp³-hybridized carbons (Fsp3) is 0.455. The van der Waals surface area contributed by atoms with Crippen molar-refractivity contribution in [1.29, 1.82) is 0 Å². The van der Waals surface area contributed by atoms with E-state index >= 15 is 0 Å². The number of piperidine rings is 1. The average molecular weight is 342 g/mol.